The highest BCUT2D eigenvalue weighted by atomic mass is 32.1. The van der Waals surface area contributed by atoms with Gasteiger partial charge in [0.15, 0.2) is 0 Å². The van der Waals surface area contributed by atoms with Crippen LogP contribution in [0.15, 0.2) is 109 Å². The molecular weight excluding hydrogens is 963 g/mol. The van der Waals surface area contributed by atoms with Crippen molar-refractivity contribution in [3.63, 3.8) is 0 Å². The lowest BCUT2D eigenvalue weighted by Crippen LogP contribution is -2.39. The number of carboxylic acids is 1. The Morgan fingerprint density at radius 2 is 1.03 bits per heavy atom. The number of halogens is 6. The van der Waals surface area contributed by atoms with Gasteiger partial charge in [0.2, 0.25) is 11.8 Å². The number of nitrogens with one attached hydrogen (secondary N) is 2. The minimum atomic E-state index is -4.46. The number of fused-ring (bicyclic) bond motifs is 2. The van der Waals surface area contributed by atoms with E-state index in [1.165, 1.54) is 12.1 Å². The Kier molecular flexibility index (Phi) is 16.6. The predicted octanol–water partition coefficient (Wildman–Crippen LogP) is 9.63. The number of hydrogen-bond donors (Lipinski definition) is 3. The average Bonchev–Trinajstić information content (AvgIpc) is 4.16. The van der Waals surface area contributed by atoms with Gasteiger partial charge in [-0.1, -0.05) is 60.7 Å². The van der Waals surface area contributed by atoms with Crippen molar-refractivity contribution in [3.8, 4) is 33.8 Å². The van der Waals surface area contributed by atoms with E-state index in [1.54, 1.807) is 108 Å². The van der Waals surface area contributed by atoms with E-state index < -0.39 is 34.0 Å². The summed E-state index contributed by atoms with van der Waals surface area (Å²) in [6.45, 7) is 2.51. The van der Waals surface area contributed by atoms with Gasteiger partial charge in [-0.2, -0.15) is 26.3 Å². The van der Waals surface area contributed by atoms with Crippen LogP contribution in [0, 0.1) is 0 Å². The van der Waals surface area contributed by atoms with Crippen molar-refractivity contribution < 1.29 is 64.8 Å². The lowest BCUT2D eigenvalue weighted by atomic mass is 10.1. The summed E-state index contributed by atoms with van der Waals surface area (Å²) in [6.07, 6.45) is -7.68. The number of carbonyl (C=O) groups excluding carboxylic acids is 3. The van der Waals surface area contributed by atoms with E-state index in [0.29, 0.717) is 81.0 Å². The third-order valence-corrected chi connectivity index (χ3v) is 13.2. The standard InChI is InChI=1S/C26H25F3N2O4S.C24H21F3N2O4S/c1-2-34-24(33)15-30-14-23(32)31-11-10-18-12-19(8-9-22(18)31)35-16-20-13-21(17-6-4-3-5-7-17)25(36-20)26(27,28)29;25-24(26,27)23-19(15-4-2-1-3-5-15)11-18(34-23)14-33-17-6-7-20-16(10-17)8-9-29(20)21(30)12-28-13-22(31)32/h3-9,12-13,30H,2,10-11,14-16H2,1H3;1-7,10-11,28H,8-9,12-14H2,(H,31,32). The fourth-order valence-electron chi connectivity index (χ4n) is 7.83. The molecule has 4 heterocycles. The molecule has 0 aliphatic carbocycles. The molecule has 6 aromatic rings. The number of carboxylic acid groups (broad SMARTS) is 1. The number of rotatable bonds is 17. The van der Waals surface area contributed by atoms with Crippen LogP contribution in [0.2, 0.25) is 0 Å². The van der Waals surface area contributed by atoms with Crippen molar-refractivity contribution in [3.05, 3.63) is 140 Å². The number of alkyl halides is 6. The van der Waals surface area contributed by atoms with E-state index in [2.05, 4.69) is 10.6 Å². The number of aliphatic carboxylic acids is 1. The average molecular weight is 1010 g/mol. The zero-order chi connectivity index (χ0) is 50.0. The summed E-state index contributed by atoms with van der Waals surface area (Å²) in [5, 5.41) is 14.0. The zero-order valence-corrected chi connectivity index (χ0v) is 39.1. The first-order valence-corrected chi connectivity index (χ1v) is 23.5. The van der Waals surface area contributed by atoms with Gasteiger partial charge in [0.05, 0.1) is 32.8 Å². The van der Waals surface area contributed by atoms with Crippen LogP contribution in [-0.4, -0.2) is 74.7 Å². The summed E-state index contributed by atoms with van der Waals surface area (Å²) in [5.41, 5.74) is 4.56. The van der Waals surface area contributed by atoms with Crippen LogP contribution in [-0.2, 0) is 62.3 Å². The molecule has 368 valence electrons. The van der Waals surface area contributed by atoms with E-state index in [4.69, 9.17) is 19.3 Å². The van der Waals surface area contributed by atoms with Crippen LogP contribution in [0.1, 0.15) is 37.6 Å². The van der Waals surface area contributed by atoms with E-state index in [1.807, 2.05) is 6.07 Å². The highest BCUT2D eigenvalue weighted by Gasteiger charge is 2.38. The molecule has 2 aromatic heterocycles. The Balaban J connectivity index is 0.000000207. The molecule has 0 spiro atoms. The van der Waals surface area contributed by atoms with Crippen molar-refractivity contribution in [1.82, 2.24) is 10.6 Å². The summed E-state index contributed by atoms with van der Waals surface area (Å²) < 4.78 is 98.1. The number of ether oxygens (including phenoxy) is 3. The molecule has 0 bridgehead atoms. The number of amides is 2. The number of esters is 1. The maximum Gasteiger partial charge on any atom is 0.426 e. The molecule has 12 nitrogen and oxygen atoms in total. The molecule has 0 radical (unpaired) electrons. The lowest BCUT2D eigenvalue weighted by molar-refractivity contribution is -0.142. The normalized spacial score (nSPS) is 13.0. The largest absolute Gasteiger partial charge is 0.488 e. The van der Waals surface area contributed by atoms with Gasteiger partial charge in [0.1, 0.15) is 34.5 Å². The van der Waals surface area contributed by atoms with E-state index in [0.717, 1.165) is 22.5 Å². The maximum atomic E-state index is 13.6. The zero-order valence-electron chi connectivity index (χ0n) is 37.5. The molecule has 0 unspecified atom stereocenters. The van der Waals surface area contributed by atoms with Crippen LogP contribution in [0.5, 0.6) is 11.5 Å². The molecule has 2 aliphatic heterocycles. The second-order valence-electron chi connectivity index (χ2n) is 15.8. The molecule has 2 aliphatic rings. The number of hydrogen-bond acceptors (Lipinski definition) is 11. The quantitative estimate of drug-likeness (QED) is 0.0597. The fraction of sp³-hybridized carbons (Fsp3) is 0.280. The molecule has 8 rings (SSSR count). The summed E-state index contributed by atoms with van der Waals surface area (Å²) >= 11 is 1.35. The number of benzene rings is 4. The Morgan fingerprint density at radius 1 is 0.600 bits per heavy atom. The van der Waals surface area contributed by atoms with Gasteiger partial charge in [-0.3, -0.25) is 29.8 Å². The minimum Gasteiger partial charge on any atom is -0.488 e. The van der Waals surface area contributed by atoms with E-state index >= 15 is 0 Å². The van der Waals surface area contributed by atoms with Crippen LogP contribution < -0.4 is 29.9 Å². The lowest BCUT2D eigenvalue weighted by Gasteiger charge is -2.18. The predicted molar refractivity (Wildman–Crippen MR) is 253 cm³/mol. The first-order chi connectivity index (χ1) is 33.5. The molecule has 3 N–H and O–H groups in total. The Hall–Kier alpha value is -6.74. The third-order valence-electron chi connectivity index (χ3n) is 10.9. The highest BCUT2D eigenvalue weighted by Crippen LogP contribution is 2.45. The van der Waals surface area contributed by atoms with Gasteiger partial charge in [-0.25, -0.2) is 0 Å². The second-order valence-corrected chi connectivity index (χ2v) is 18.1. The van der Waals surface area contributed by atoms with Crippen LogP contribution in [0.3, 0.4) is 0 Å². The van der Waals surface area contributed by atoms with Crippen molar-refractivity contribution in [2.75, 3.05) is 55.7 Å². The fourth-order valence-corrected chi connectivity index (χ4v) is 9.74. The SMILES string of the molecule is CCOC(=O)CNCC(=O)N1CCc2cc(OCc3cc(-c4ccccc4)c(C(F)(F)F)s3)ccc21.O=C(O)CNCC(=O)N1CCc2cc(OCc3cc(-c4ccccc4)c(C(F)(F)F)s3)ccc21. The van der Waals surface area contributed by atoms with Crippen molar-refractivity contribution >= 4 is 57.8 Å². The minimum absolute atomic E-state index is 0.000169. The first kappa shape index (κ1) is 51.1. The molecular formula is C50H46F6N4O8S2. The first-order valence-electron chi connectivity index (χ1n) is 21.9. The van der Waals surface area contributed by atoms with Gasteiger partial charge in [-0.05, 0) is 90.6 Å². The van der Waals surface area contributed by atoms with Gasteiger partial charge < -0.3 is 29.1 Å². The van der Waals surface area contributed by atoms with Gasteiger partial charge in [0, 0.05) is 45.3 Å². The highest BCUT2D eigenvalue weighted by molar-refractivity contribution is 7.13. The van der Waals surface area contributed by atoms with Crippen LogP contribution >= 0.6 is 22.7 Å². The molecule has 0 atom stereocenters. The summed E-state index contributed by atoms with van der Waals surface area (Å²) in [5.74, 6) is -0.843. The molecule has 20 heteroatoms. The van der Waals surface area contributed by atoms with Crippen LogP contribution in [0.4, 0.5) is 37.7 Å². The number of carbonyl (C=O) groups is 4. The van der Waals surface area contributed by atoms with E-state index in [9.17, 15) is 45.5 Å². The molecule has 0 saturated heterocycles. The summed E-state index contributed by atoms with van der Waals surface area (Å²) in [4.78, 5) is 49.8. The molecule has 0 saturated carbocycles. The molecule has 2 amide bonds. The second kappa shape index (κ2) is 22.8. The van der Waals surface area contributed by atoms with Crippen molar-refractivity contribution in [2.24, 2.45) is 0 Å². The molecule has 0 fully saturated rings. The third kappa shape index (κ3) is 13.1. The van der Waals surface area contributed by atoms with Crippen molar-refractivity contribution in [2.45, 2.75) is 45.3 Å². The summed E-state index contributed by atoms with van der Waals surface area (Å²) in [6, 6.07) is 30.4. The number of thiophene rings is 2. The summed E-state index contributed by atoms with van der Waals surface area (Å²) in [7, 11) is 0. The molecule has 4 aromatic carbocycles. The monoisotopic (exact) mass is 1010 g/mol. The van der Waals surface area contributed by atoms with Crippen molar-refractivity contribution in [1.29, 1.82) is 0 Å². The van der Waals surface area contributed by atoms with Crippen LogP contribution in [0.25, 0.3) is 22.3 Å². The number of nitrogens with zero attached hydrogens (tertiary/aromatic N) is 2. The smallest absolute Gasteiger partial charge is 0.426 e. The van der Waals surface area contributed by atoms with Gasteiger partial charge in [-0.15, -0.1) is 22.7 Å². The number of anilines is 2. The van der Waals surface area contributed by atoms with Gasteiger partial charge >= 0.3 is 24.3 Å². The Labute approximate surface area is 406 Å². The molecule has 70 heavy (non-hydrogen) atoms. The maximum absolute atomic E-state index is 13.6. The topological polar surface area (TPSA) is 147 Å². The Bertz CT molecular complexity index is 2800. The van der Waals surface area contributed by atoms with E-state index in [-0.39, 0.29) is 68.9 Å². The Morgan fingerprint density at radius 3 is 1.43 bits per heavy atom. The van der Waals surface area contributed by atoms with Gasteiger partial charge in [0.25, 0.3) is 0 Å².